The third kappa shape index (κ3) is 3.50. The maximum atomic E-state index is 11.7. The summed E-state index contributed by atoms with van der Waals surface area (Å²) in [5.41, 5.74) is 4.28. The monoisotopic (exact) mass is 510 g/mol. The van der Waals surface area contributed by atoms with Crippen molar-refractivity contribution in [3.63, 3.8) is 0 Å². The average Bonchev–Trinajstić information content (AvgIpc) is 2.95. The van der Waals surface area contributed by atoms with Crippen LogP contribution < -0.4 is 0 Å². The summed E-state index contributed by atoms with van der Waals surface area (Å²) in [6, 6.07) is 42.6. The molecule has 0 amide bonds. The smallest absolute Gasteiger partial charge is 0.282 e. The first kappa shape index (κ1) is 22.7. The fraction of sp³-hybridized carbons (Fsp3) is 0. The molecule has 4 heteroatoms. The van der Waals surface area contributed by atoms with Crippen LogP contribution in [0.1, 0.15) is 0 Å². The molecule has 0 aliphatic rings. The van der Waals surface area contributed by atoms with Crippen molar-refractivity contribution in [3.8, 4) is 22.3 Å². The normalized spacial score (nSPS) is 12.0. The van der Waals surface area contributed by atoms with E-state index in [1.165, 1.54) is 44.8 Å². The van der Waals surface area contributed by atoms with Gasteiger partial charge in [0.2, 0.25) is 0 Å². The quantitative estimate of drug-likeness (QED) is 0.147. The summed E-state index contributed by atoms with van der Waals surface area (Å²) in [4.78, 5) is -0.117. The topological polar surface area (TPSA) is 54.4 Å². The second kappa shape index (κ2) is 8.52. The Hall–Kier alpha value is -4.51. The zero-order valence-electron chi connectivity index (χ0n) is 20.3. The minimum atomic E-state index is -4.27. The van der Waals surface area contributed by atoms with E-state index in [1.54, 1.807) is 12.1 Å². The average molecular weight is 511 g/mol. The Bertz CT molecular complexity index is 2090. The molecule has 1 N–H and O–H groups in total. The van der Waals surface area contributed by atoms with E-state index in [9.17, 15) is 13.0 Å². The van der Waals surface area contributed by atoms with Crippen molar-refractivity contribution in [1.82, 2.24) is 0 Å². The minimum Gasteiger partial charge on any atom is -0.282 e. The van der Waals surface area contributed by atoms with Crippen molar-refractivity contribution in [3.05, 3.63) is 127 Å². The molecule has 0 radical (unpaired) electrons. The van der Waals surface area contributed by atoms with Crippen LogP contribution in [0, 0.1) is 0 Å². The molecular formula is C34H22O3S. The van der Waals surface area contributed by atoms with E-state index >= 15 is 0 Å². The highest BCUT2D eigenvalue weighted by Gasteiger charge is 2.19. The van der Waals surface area contributed by atoms with Gasteiger partial charge in [-0.05, 0) is 83.5 Å². The summed E-state index contributed by atoms with van der Waals surface area (Å²) in [7, 11) is -4.27. The molecule has 0 aliphatic heterocycles. The van der Waals surface area contributed by atoms with Gasteiger partial charge in [-0.3, -0.25) is 4.55 Å². The number of benzene rings is 7. The number of fused-ring (bicyclic) bond motifs is 5. The van der Waals surface area contributed by atoms with Crippen molar-refractivity contribution in [2.45, 2.75) is 4.90 Å². The number of hydrogen-bond acceptors (Lipinski definition) is 2. The molecule has 0 unspecified atom stereocenters. The maximum Gasteiger partial charge on any atom is 0.294 e. The Kier molecular flexibility index (Phi) is 5.08. The molecule has 0 atom stereocenters. The van der Waals surface area contributed by atoms with Crippen LogP contribution in [-0.4, -0.2) is 13.0 Å². The summed E-state index contributed by atoms with van der Waals surface area (Å²) < 4.78 is 32.8. The van der Waals surface area contributed by atoms with Gasteiger partial charge in [0, 0.05) is 0 Å². The lowest BCUT2D eigenvalue weighted by Crippen LogP contribution is -1.97. The molecule has 3 nitrogen and oxygen atoms in total. The fourth-order valence-corrected chi connectivity index (χ4v) is 6.26. The summed E-state index contributed by atoms with van der Waals surface area (Å²) in [5.74, 6) is 0. The van der Waals surface area contributed by atoms with Crippen LogP contribution in [0.4, 0.5) is 0 Å². The van der Waals surface area contributed by atoms with E-state index in [4.69, 9.17) is 0 Å². The highest BCUT2D eigenvalue weighted by molar-refractivity contribution is 7.85. The number of hydrogen-bond donors (Lipinski definition) is 1. The molecule has 0 aliphatic carbocycles. The third-order valence-electron chi connectivity index (χ3n) is 7.41. The molecule has 7 aromatic carbocycles. The first-order chi connectivity index (χ1) is 18.5. The van der Waals surface area contributed by atoms with Crippen molar-refractivity contribution < 1.29 is 13.0 Å². The van der Waals surface area contributed by atoms with Crippen LogP contribution >= 0.6 is 0 Å². The predicted molar refractivity (Wildman–Crippen MR) is 157 cm³/mol. The Morgan fingerprint density at radius 3 is 1.45 bits per heavy atom. The van der Waals surface area contributed by atoms with Gasteiger partial charge in [0.1, 0.15) is 0 Å². The van der Waals surface area contributed by atoms with Gasteiger partial charge in [0.15, 0.2) is 0 Å². The zero-order valence-corrected chi connectivity index (χ0v) is 21.1. The molecular weight excluding hydrogens is 488 g/mol. The molecule has 38 heavy (non-hydrogen) atoms. The zero-order chi connectivity index (χ0) is 25.9. The molecule has 7 aromatic rings. The van der Waals surface area contributed by atoms with E-state index in [-0.39, 0.29) is 4.90 Å². The van der Waals surface area contributed by atoms with Crippen LogP contribution in [0.3, 0.4) is 0 Å². The van der Waals surface area contributed by atoms with Crippen molar-refractivity contribution in [2.24, 2.45) is 0 Å². The Balaban J connectivity index is 1.64. The SMILES string of the molecule is O=S(=O)(O)c1ccc(-c2c3ccccc3c(-c3cc4ccccc4c4ccccc34)c3ccccc23)cc1. The van der Waals surface area contributed by atoms with E-state index in [0.29, 0.717) is 0 Å². The van der Waals surface area contributed by atoms with Crippen LogP contribution in [-0.2, 0) is 10.1 Å². The van der Waals surface area contributed by atoms with E-state index in [0.717, 1.165) is 32.7 Å². The van der Waals surface area contributed by atoms with Gasteiger partial charge in [0.05, 0.1) is 4.90 Å². The van der Waals surface area contributed by atoms with E-state index in [2.05, 4.69) is 91.0 Å². The van der Waals surface area contributed by atoms with Gasteiger partial charge in [-0.2, -0.15) is 8.42 Å². The second-order valence-corrected chi connectivity index (χ2v) is 11.0. The van der Waals surface area contributed by atoms with Crippen molar-refractivity contribution in [1.29, 1.82) is 0 Å². The van der Waals surface area contributed by atoms with Crippen LogP contribution in [0.15, 0.2) is 132 Å². The minimum absolute atomic E-state index is 0.117. The molecule has 0 aromatic heterocycles. The van der Waals surface area contributed by atoms with Gasteiger partial charge in [-0.25, -0.2) is 0 Å². The van der Waals surface area contributed by atoms with Gasteiger partial charge in [-0.1, -0.05) is 109 Å². The number of rotatable bonds is 3. The first-order valence-corrected chi connectivity index (χ1v) is 13.9. The van der Waals surface area contributed by atoms with Crippen molar-refractivity contribution >= 4 is 53.2 Å². The standard InChI is InChI=1S/C34H22O3S/c35-38(36,37)24-19-17-22(18-20-24)33-28-13-5-7-15-30(28)34(31-16-8-6-14-29(31)33)32-21-23-9-1-2-10-25(23)26-11-3-4-12-27(26)32/h1-21H,(H,35,36,37). The summed E-state index contributed by atoms with van der Waals surface area (Å²) in [6.45, 7) is 0. The van der Waals surface area contributed by atoms with E-state index < -0.39 is 10.1 Å². The molecule has 182 valence electrons. The van der Waals surface area contributed by atoms with Crippen molar-refractivity contribution in [2.75, 3.05) is 0 Å². The van der Waals surface area contributed by atoms with Crippen LogP contribution in [0.2, 0.25) is 0 Å². The molecule has 7 rings (SSSR count). The highest BCUT2D eigenvalue weighted by Crippen LogP contribution is 2.46. The van der Waals surface area contributed by atoms with Gasteiger partial charge < -0.3 is 0 Å². The highest BCUT2D eigenvalue weighted by atomic mass is 32.2. The molecule has 0 saturated heterocycles. The first-order valence-electron chi connectivity index (χ1n) is 12.4. The second-order valence-electron chi connectivity index (χ2n) is 9.53. The van der Waals surface area contributed by atoms with Crippen LogP contribution in [0.25, 0.3) is 65.3 Å². The lowest BCUT2D eigenvalue weighted by Gasteiger charge is -2.19. The third-order valence-corrected chi connectivity index (χ3v) is 8.28. The van der Waals surface area contributed by atoms with Gasteiger partial charge >= 0.3 is 0 Å². The Morgan fingerprint density at radius 1 is 0.447 bits per heavy atom. The summed E-state index contributed by atoms with van der Waals surface area (Å²) in [6.07, 6.45) is 0. The maximum absolute atomic E-state index is 11.7. The largest absolute Gasteiger partial charge is 0.294 e. The Morgan fingerprint density at radius 2 is 0.895 bits per heavy atom. The summed E-state index contributed by atoms with van der Waals surface area (Å²) in [5, 5.41) is 9.26. The van der Waals surface area contributed by atoms with Gasteiger partial charge in [-0.15, -0.1) is 0 Å². The summed E-state index contributed by atoms with van der Waals surface area (Å²) >= 11 is 0. The molecule has 0 fully saturated rings. The lowest BCUT2D eigenvalue weighted by atomic mass is 9.84. The predicted octanol–water partition coefficient (Wildman–Crippen LogP) is 8.88. The van der Waals surface area contributed by atoms with E-state index in [1.807, 2.05) is 12.1 Å². The molecule has 0 heterocycles. The molecule has 0 spiro atoms. The Labute approximate surface area is 220 Å². The molecule has 0 bridgehead atoms. The molecule has 0 saturated carbocycles. The van der Waals surface area contributed by atoms with Gasteiger partial charge in [0.25, 0.3) is 10.1 Å². The fourth-order valence-electron chi connectivity index (χ4n) is 5.78. The lowest BCUT2D eigenvalue weighted by molar-refractivity contribution is 0.483. The van der Waals surface area contributed by atoms with Crippen LogP contribution in [0.5, 0.6) is 0 Å².